The van der Waals surface area contributed by atoms with Crippen LogP contribution in [-0.4, -0.2) is 55.8 Å². The normalized spacial score (nSPS) is 15.2. The zero-order valence-electron chi connectivity index (χ0n) is 14.9. The van der Waals surface area contributed by atoms with Crippen LogP contribution < -0.4 is 14.4 Å². The Labute approximate surface area is 150 Å². The van der Waals surface area contributed by atoms with Gasteiger partial charge < -0.3 is 14.4 Å². The van der Waals surface area contributed by atoms with E-state index in [9.17, 15) is 0 Å². The minimum Gasteiger partial charge on any atom is -0.494 e. The summed E-state index contributed by atoms with van der Waals surface area (Å²) >= 11 is 0. The molecule has 134 valence electrons. The second kappa shape index (κ2) is 9.28. The van der Waals surface area contributed by atoms with Crippen molar-refractivity contribution in [1.29, 1.82) is 0 Å². The van der Waals surface area contributed by atoms with E-state index in [2.05, 4.69) is 27.8 Å². The zero-order chi connectivity index (χ0) is 17.3. The van der Waals surface area contributed by atoms with Gasteiger partial charge in [0.15, 0.2) is 0 Å². The SMILES string of the molecule is CCCOc1ccc(OCCN2CCN(c3cccnc3)CC2)cc1. The monoisotopic (exact) mass is 341 g/mol. The highest BCUT2D eigenvalue weighted by atomic mass is 16.5. The molecule has 0 radical (unpaired) electrons. The molecule has 25 heavy (non-hydrogen) atoms. The van der Waals surface area contributed by atoms with E-state index in [-0.39, 0.29) is 0 Å². The standard InChI is InChI=1S/C20H27N3O2/c1-2-15-24-19-5-7-20(8-6-19)25-16-14-22-10-12-23(13-11-22)18-4-3-9-21-17-18/h3-9,17H,2,10-16H2,1H3. The second-order valence-electron chi connectivity index (χ2n) is 6.21. The van der Waals surface area contributed by atoms with Crippen molar-refractivity contribution >= 4 is 5.69 Å². The smallest absolute Gasteiger partial charge is 0.119 e. The summed E-state index contributed by atoms with van der Waals surface area (Å²) in [4.78, 5) is 9.04. The van der Waals surface area contributed by atoms with Gasteiger partial charge in [-0.3, -0.25) is 9.88 Å². The fourth-order valence-electron chi connectivity index (χ4n) is 2.92. The highest BCUT2D eigenvalue weighted by Gasteiger charge is 2.16. The van der Waals surface area contributed by atoms with Gasteiger partial charge in [0.25, 0.3) is 0 Å². The molecule has 2 heterocycles. The van der Waals surface area contributed by atoms with Crippen LogP contribution in [0.5, 0.6) is 11.5 Å². The first-order valence-corrected chi connectivity index (χ1v) is 9.08. The van der Waals surface area contributed by atoms with Crippen LogP contribution in [0.4, 0.5) is 5.69 Å². The molecule has 1 fully saturated rings. The highest BCUT2D eigenvalue weighted by molar-refractivity contribution is 5.44. The third-order valence-corrected chi connectivity index (χ3v) is 4.36. The molecule has 1 aliphatic rings. The number of nitrogens with zero attached hydrogens (tertiary/aromatic N) is 3. The molecule has 3 rings (SSSR count). The molecule has 0 aliphatic carbocycles. The maximum absolute atomic E-state index is 5.86. The van der Waals surface area contributed by atoms with E-state index >= 15 is 0 Å². The van der Waals surface area contributed by atoms with Crippen LogP contribution in [0.25, 0.3) is 0 Å². The number of piperazine rings is 1. The maximum Gasteiger partial charge on any atom is 0.119 e. The zero-order valence-corrected chi connectivity index (χ0v) is 14.9. The van der Waals surface area contributed by atoms with Crippen LogP contribution in [0.15, 0.2) is 48.8 Å². The van der Waals surface area contributed by atoms with Gasteiger partial charge in [-0.05, 0) is 42.8 Å². The lowest BCUT2D eigenvalue weighted by Gasteiger charge is -2.35. The first-order chi connectivity index (χ1) is 12.3. The Bertz CT molecular complexity index is 611. The van der Waals surface area contributed by atoms with Gasteiger partial charge in [0.1, 0.15) is 18.1 Å². The minimum absolute atomic E-state index is 0.710. The van der Waals surface area contributed by atoms with Crippen LogP contribution in [0.2, 0.25) is 0 Å². The molecule has 0 bridgehead atoms. The van der Waals surface area contributed by atoms with E-state index in [0.29, 0.717) is 6.61 Å². The van der Waals surface area contributed by atoms with Crippen molar-refractivity contribution in [2.45, 2.75) is 13.3 Å². The molecule has 1 aliphatic heterocycles. The summed E-state index contributed by atoms with van der Waals surface area (Å²) in [5.74, 6) is 1.80. The van der Waals surface area contributed by atoms with E-state index in [1.807, 2.05) is 42.7 Å². The number of hydrogen-bond acceptors (Lipinski definition) is 5. The summed E-state index contributed by atoms with van der Waals surface area (Å²) in [6, 6.07) is 12.0. The van der Waals surface area contributed by atoms with Crippen LogP contribution >= 0.6 is 0 Å². The average Bonchev–Trinajstić information content (AvgIpc) is 2.69. The summed E-state index contributed by atoms with van der Waals surface area (Å²) < 4.78 is 11.4. The number of aromatic nitrogens is 1. The number of pyridine rings is 1. The molecule has 0 amide bonds. The van der Waals surface area contributed by atoms with Crippen LogP contribution in [0, 0.1) is 0 Å². The third kappa shape index (κ3) is 5.36. The van der Waals surface area contributed by atoms with Gasteiger partial charge in [0, 0.05) is 38.9 Å². The third-order valence-electron chi connectivity index (χ3n) is 4.36. The molecular weight excluding hydrogens is 314 g/mol. The number of rotatable bonds is 8. The van der Waals surface area contributed by atoms with Crippen molar-refractivity contribution in [3.63, 3.8) is 0 Å². The van der Waals surface area contributed by atoms with Gasteiger partial charge in [-0.15, -0.1) is 0 Å². The predicted octanol–water partition coefficient (Wildman–Crippen LogP) is 3.07. The molecule has 0 N–H and O–H groups in total. The van der Waals surface area contributed by atoms with Crippen molar-refractivity contribution < 1.29 is 9.47 Å². The van der Waals surface area contributed by atoms with E-state index in [1.54, 1.807) is 0 Å². The van der Waals surface area contributed by atoms with E-state index in [0.717, 1.165) is 57.3 Å². The van der Waals surface area contributed by atoms with Gasteiger partial charge in [0.2, 0.25) is 0 Å². The Balaban J connectivity index is 1.36. The largest absolute Gasteiger partial charge is 0.494 e. The van der Waals surface area contributed by atoms with Gasteiger partial charge in [0.05, 0.1) is 18.5 Å². The molecule has 0 atom stereocenters. The lowest BCUT2D eigenvalue weighted by Crippen LogP contribution is -2.47. The second-order valence-corrected chi connectivity index (χ2v) is 6.21. The first kappa shape index (κ1) is 17.5. The topological polar surface area (TPSA) is 37.8 Å². The Morgan fingerprint density at radius 1 is 0.920 bits per heavy atom. The molecule has 5 heteroatoms. The molecule has 1 saturated heterocycles. The van der Waals surface area contributed by atoms with Crippen LogP contribution in [0.3, 0.4) is 0 Å². The van der Waals surface area contributed by atoms with Crippen molar-refractivity contribution in [3.8, 4) is 11.5 Å². The Morgan fingerprint density at radius 2 is 1.60 bits per heavy atom. The molecule has 0 saturated carbocycles. The maximum atomic E-state index is 5.86. The summed E-state index contributed by atoms with van der Waals surface area (Å²) in [6.07, 6.45) is 4.78. The lowest BCUT2D eigenvalue weighted by molar-refractivity contribution is 0.200. The number of anilines is 1. The fraction of sp³-hybridized carbons (Fsp3) is 0.450. The molecule has 0 spiro atoms. The van der Waals surface area contributed by atoms with Gasteiger partial charge in [-0.2, -0.15) is 0 Å². The predicted molar refractivity (Wildman–Crippen MR) is 101 cm³/mol. The van der Waals surface area contributed by atoms with Crippen LogP contribution in [0.1, 0.15) is 13.3 Å². The Morgan fingerprint density at radius 3 is 2.20 bits per heavy atom. The Kier molecular flexibility index (Phi) is 6.51. The average molecular weight is 341 g/mol. The summed E-state index contributed by atoms with van der Waals surface area (Å²) in [5, 5.41) is 0. The van der Waals surface area contributed by atoms with E-state index in [1.165, 1.54) is 5.69 Å². The first-order valence-electron chi connectivity index (χ1n) is 9.08. The highest BCUT2D eigenvalue weighted by Crippen LogP contribution is 2.18. The summed E-state index contributed by atoms with van der Waals surface area (Å²) in [6.45, 7) is 8.71. The summed E-state index contributed by atoms with van der Waals surface area (Å²) in [7, 11) is 0. The Hall–Kier alpha value is -2.27. The van der Waals surface area contributed by atoms with Gasteiger partial charge in [-0.1, -0.05) is 6.92 Å². The van der Waals surface area contributed by atoms with Gasteiger partial charge in [-0.25, -0.2) is 0 Å². The van der Waals surface area contributed by atoms with Crippen LogP contribution in [-0.2, 0) is 0 Å². The molecule has 0 unspecified atom stereocenters. The molecule has 2 aromatic rings. The quantitative estimate of drug-likeness (QED) is 0.738. The fourth-order valence-corrected chi connectivity index (χ4v) is 2.92. The van der Waals surface area contributed by atoms with Crippen molar-refractivity contribution in [2.24, 2.45) is 0 Å². The molecule has 5 nitrogen and oxygen atoms in total. The van der Waals surface area contributed by atoms with E-state index < -0.39 is 0 Å². The molecular formula is C20H27N3O2. The number of hydrogen-bond donors (Lipinski definition) is 0. The number of benzene rings is 1. The summed E-state index contributed by atoms with van der Waals surface area (Å²) in [5.41, 5.74) is 1.21. The minimum atomic E-state index is 0.710. The lowest BCUT2D eigenvalue weighted by atomic mass is 10.3. The van der Waals surface area contributed by atoms with Gasteiger partial charge >= 0.3 is 0 Å². The molecule has 1 aromatic heterocycles. The van der Waals surface area contributed by atoms with Crippen molar-refractivity contribution in [3.05, 3.63) is 48.8 Å². The van der Waals surface area contributed by atoms with Crippen molar-refractivity contribution in [2.75, 3.05) is 50.8 Å². The number of ether oxygens (including phenoxy) is 2. The van der Waals surface area contributed by atoms with Crippen molar-refractivity contribution in [1.82, 2.24) is 9.88 Å². The molecule has 1 aromatic carbocycles. The van der Waals surface area contributed by atoms with E-state index in [4.69, 9.17) is 9.47 Å².